The molecule has 2 aromatic carbocycles. The minimum atomic E-state index is -4.02. The number of hydrogen-bond acceptors (Lipinski definition) is 4. The molecule has 0 heterocycles. The third-order valence-electron chi connectivity index (χ3n) is 5.84. The Labute approximate surface area is 224 Å². The highest BCUT2D eigenvalue weighted by Gasteiger charge is 2.34. The Hall–Kier alpha value is -2.33. The summed E-state index contributed by atoms with van der Waals surface area (Å²) in [5.41, 5.74) is 0.804. The van der Waals surface area contributed by atoms with Crippen LogP contribution in [0.5, 0.6) is 0 Å². The molecule has 0 unspecified atom stereocenters. The Bertz CT molecular complexity index is 1130. The Morgan fingerprint density at radius 1 is 0.944 bits per heavy atom. The van der Waals surface area contributed by atoms with E-state index >= 15 is 0 Å². The minimum Gasteiger partial charge on any atom is -0.352 e. The Kier molecular flexibility index (Phi) is 11.0. The van der Waals surface area contributed by atoms with Gasteiger partial charge < -0.3 is 10.2 Å². The van der Waals surface area contributed by atoms with Crippen LogP contribution < -0.4 is 9.62 Å². The van der Waals surface area contributed by atoms with Crippen LogP contribution in [0.15, 0.2) is 48.5 Å². The molecule has 0 radical (unpaired) electrons. The van der Waals surface area contributed by atoms with Crippen LogP contribution in [0.4, 0.5) is 5.69 Å². The fraction of sp³-hybridized carbons (Fsp3) is 0.440. The molecule has 0 aliphatic rings. The van der Waals surface area contributed by atoms with Gasteiger partial charge in [-0.15, -0.1) is 0 Å². The average molecular weight is 558 g/mol. The van der Waals surface area contributed by atoms with Crippen LogP contribution in [0.25, 0.3) is 0 Å². The number of nitrogens with zero attached hydrogens (tertiary/aromatic N) is 3. The number of benzene rings is 2. The van der Waals surface area contributed by atoms with Crippen molar-refractivity contribution >= 4 is 50.9 Å². The maximum atomic E-state index is 13.8. The molecule has 2 rings (SSSR count). The number of nitrogens with one attached hydrogen (secondary N) is 1. The summed E-state index contributed by atoms with van der Waals surface area (Å²) in [6.45, 7) is 5.04. The zero-order chi connectivity index (χ0) is 27.0. The lowest BCUT2D eigenvalue weighted by Gasteiger charge is -2.34. The van der Waals surface area contributed by atoms with Crippen LogP contribution in [0.2, 0.25) is 10.0 Å². The summed E-state index contributed by atoms with van der Waals surface area (Å²) in [7, 11) is -1.23. The van der Waals surface area contributed by atoms with Crippen LogP contribution >= 0.6 is 23.2 Å². The monoisotopic (exact) mass is 556 g/mol. The van der Waals surface area contributed by atoms with Gasteiger partial charge >= 0.3 is 10.2 Å². The van der Waals surface area contributed by atoms with Crippen molar-refractivity contribution in [2.45, 2.75) is 52.2 Å². The van der Waals surface area contributed by atoms with E-state index in [9.17, 15) is 18.0 Å². The average Bonchev–Trinajstić information content (AvgIpc) is 2.84. The molecular formula is C25H34Cl2N4O4S. The first kappa shape index (κ1) is 29.9. The van der Waals surface area contributed by atoms with E-state index in [2.05, 4.69) is 5.32 Å². The van der Waals surface area contributed by atoms with Gasteiger partial charge in [0.1, 0.15) is 12.6 Å². The lowest BCUT2D eigenvalue weighted by atomic mass is 10.1. The van der Waals surface area contributed by atoms with Crippen LogP contribution in [0.1, 0.15) is 39.2 Å². The first-order valence-electron chi connectivity index (χ1n) is 11.7. The van der Waals surface area contributed by atoms with Crippen molar-refractivity contribution in [2.75, 3.05) is 24.9 Å². The molecule has 0 spiro atoms. The van der Waals surface area contributed by atoms with E-state index in [0.717, 1.165) is 15.0 Å². The summed E-state index contributed by atoms with van der Waals surface area (Å²) in [6.07, 6.45) is 1.02. The van der Waals surface area contributed by atoms with Gasteiger partial charge in [0, 0.05) is 42.3 Å². The number of hydrogen-bond donors (Lipinski definition) is 1. The van der Waals surface area contributed by atoms with E-state index < -0.39 is 28.7 Å². The minimum absolute atomic E-state index is 0.0611. The number of para-hydroxylation sites is 1. The maximum Gasteiger partial charge on any atom is 0.304 e. The summed E-state index contributed by atoms with van der Waals surface area (Å²) in [4.78, 5) is 28.4. The molecule has 2 amide bonds. The Balaban J connectivity index is 2.54. The Morgan fingerprint density at radius 3 is 2.03 bits per heavy atom. The van der Waals surface area contributed by atoms with Gasteiger partial charge in [0.2, 0.25) is 11.8 Å². The molecule has 0 fully saturated rings. The summed E-state index contributed by atoms with van der Waals surface area (Å²) in [5, 5.41) is 3.62. The lowest BCUT2D eigenvalue weighted by molar-refractivity contribution is -0.140. The topological polar surface area (TPSA) is 90.0 Å². The van der Waals surface area contributed by atoms with Gasteiger partial charge in [0.25, 0.3) is 0 Å². The normalized spacial score (nSPS) is 13.2. The smallest absolute Gasteiger partial charge is 0.304 e. The third kappa shape index (κ3) is 7.35. The second-order valence-corrected chi connectivity index (χ2v) is 11.5. The fourth-order valence-electron chi connectivity index (χ4n) is 3.53. The van der Waals surface area contributed by atoms with E-state index in [1.807, 2.05) is 13.8 Å². The first-order chi connectivity index (χ1) is 16.9. The highest BCUT2D eigenvalue weighted by molar-refractivity contribution is 7.90. The molecule has 198 valence electrons. The molecule has 0 saturated carbocycles. The quantitative estimate of drug-likeness (QED) is 0.421. The van der Waals surface area contributed by atoms with E-state index in [4.69, 9.17) is 23.2 Å². The van der Waals surface area contributed by atoms with Crippen LogP contribution in [0.3, 0.4) is 0 Å². The van der Waals surface area contributed by atoms with E-state index in [1.54, 1.807) is 55.5 Å². The van der Waals surface area contributed by atoms with Crippen molar-refractivity contribution in [3.63, 3.8) is 0 Å². The molecule has 2 aromatic rings. The molecular weight excluding hydrogens is 523 g/mol. The molecule has 11 heteroatoms. The molecule has 1 N–H and O–H groups in total. The van der Waals surface area contributed by atoms with Crippen molar-refractivity contribution < 1.29 is 18.0 Å². The van der Waals surface area contributed by atoms with Crippen molar-refractivity contribution in [2.24, 2.45) is 0 Å². The highest BCUT2D eigenvalue weighted by Crippen LogP contribution is 2.28. The van der Waals surface area contributed by atoms with Gasteiger partial charge in [-0.2, -0.15) is 12.7 Å². The van der Waals surface area contributed by atoms with Crippen molar-refractivity contribution in [3.8, 4) is 0 Å². The lowest BCUT2D eigenvalue weighted by Crippen LogP contribution is -2.54. The molecule has 0 aliphatic carbocycles. The van der Waals surface area contributed by atoms with E-state index in [0.29, 0.717) is 27.7 Å². The molecule has 0 aromatic heterocycles. The Morgan fingerprint density at radius 2 is 1.53 bits per heavy atom. The van der Waals surface area contributed by atoms with Gasteiger partial charge in [0.05, 0.1) is 5.69 Å². The third-order valence-corrected chi connectivity index (χ3v) is 8.37. The zero-order valence-corrected chi connectivity index (χ0v) is 23.6. The largest absolute Gasteiger partial charge is 0.352 e. The standard InChI is InChI=1S/C25H34Cl2N4O4S/c1-6-18(3)28-25(33)23(7-2)30(16-20-21(26)14-11-15-22(20)27)24(32)17-31(36(34,35)29(4)5)19-12-9-8-10-13-19/h8-15,18,23H,6-7,16-17H2,1-5H3,(H,28,33)/t18-,23-/m1/s1. The van der Waals surface area contributed by atoms with Gasteiger partial charge in [-0.25, -0.2) is 4.31 Å². The van der Waals surface area contributed by atoms with Crippen molar-refractivity contribution in [1.82, 2.24) is 14.5 Å². The summed E-state index contributed by atoms with van der Waals surface area (Å²) >= 11 is 12.8. The summed E-state index contributed by atoms with van der Waals surface area (Å²) < 4.78 is 28.4. The SMILES string of the molecule is CC[C@@H](C)NC(=O)[C@@H](CC)N(Cc1c(Cl)cccc1Cl)C(=O)CN(c1ccccc1)S(=O)(=O)N(C)C. The number of carbonyl (C=O) groups excluding carboxylic acids is 2. The van der Waals surface area contributed by atoms with Crippen LogP contribution in [-0.2, 0) is 26.3 Å². The van der Waals surface area contributed by atoms with Crippen molar-refractivity contribution in [1.29, 1.82) is 0 Å². The fourth-order valence-corrected chi connectivity index (χ4v) is 5.10. The molecule has 2 atom stereocenters. The number of anilines is 1. The van der Waals surface area contributed by atoms with Crippen LogP contribution in [0, 0.1) is 0 Å². The molecule has 0 bridgehead atoms. The second kappa shape index (κ2) is 13.3. The first-order valence-corrected chi connectivity index (χ1v) is 13.9. The summed E-state index contributed by atoms with van der Waals surface area (Å²) in [5.74, 6) is -0.892. The number of carbonyl (C=O) groups is 2. The predicted molar refractivity (Wildman–Crippen MR) is 145 cm³/mol. The summed E-state index contributed by atoms with van der Waals surface area (Å²) in [6, 6.07) is 12.4. The highest BCUT2D eigenvalue weighted by atomic mass is 35.5. The maximum absolute atomic E-state index is 13.8. The second-order valence-electron chi connectivity index (χ2n) is 8.60. The molecule has 36 heavy (non-hydrogen) atoms. The number of amides is 2. The van der Waals surface area contributed by atoms with Gasteiger partial charge in [-0.05, 0) is 44.0 Å². The van der Waals surface area contributed by atoms with Crippen LogP contribution in [-0.4, -0.2) is 62.2 Å². The molecule has 8 nitrogen and oxygen atoms in total. The predicted octanol–water partition coefficient (Wildman–Crippen LogP) is 4.33. The van der Waals surface area contributed by atoms with E-state index in [1.165, 1.54) is 19.0 Å². The molecule has 0 saturated heterocycles. The number of halogens is 2. The van der Waals surface area contributed by atoms with Gasteiger partial charge in [-0.3, -0.25) is 9.59 Å². The van der Waals surface area contributed by atoms with Crippen molar-refractivity contribution in [3.05, 3.63) is 64.1 Å². The number of rotatable bonds is 12. The molecule has 0 aliphatic heterocycles. The van der Waals surface area contributed by atoms with E-state index in [-0.39, 0.29) is 18.5 Å². The van der Waals surface area contributed by atoms with Gasteiger partial charge in [0.15, 0.2) is 0 Å². The van der Waals surface area contributed by atoms with Gasteiger partial charge in [-0.1, -0.05) is 61.3 Å². The zero-order valence-electron chi connectivity index (χ0n) is 21.2.